The van der Waals surface area contributed by atoms with Gasteiger partial charge in [-0.3, -0.25) is 4.79 Å². The number of benzene rings is 1. The number of carbonyl (C=O) groups is 1. The van der Waals surface area contributed by atoms with Crippen molar-refractivity contribution in [2.45, 2.75) is 39.3 Å². The first-order valence-corrected chi connectivity index (χ1v) is 7.20. The van der Waals surface area contributed by atoms with Crippen molar-refractivity contribution in [3.8, 4) is 0 Å². The molecule has 0 spiro atoms. The number of nitrogens with zero attached hydrogens (tertiary/aromatic N) is 1. The Morgan fingerprint density at radius 3 is 2.70 bits per heavy atom. The maximum atomic E-state index is 12.3. The van der Waals surface area contributed by atoms with Crippen LogP contribution >= 0.6 is 23.8 Å². The molecular weight excluding hydrogens is 294 g/mol. The number of carbonyl (C=O) groups excluding carboxylic acids is 1. The van der Waals surface area contributed by atoms with E-state index in [2.05, 4.69) is 10.3 Å². The lowest BCUT2D eigenvalue weighted by molar-refractivity contribution is -0.125. The Morgan fingerprint density at radius 2 is 2.10 bits per heavy atom. The molecule has 1 amide bonds. The number of halogens is 1. The minimum absolute atomic E-state index is 0.0746. The second-order valence-corrected chi connectivity index (χ2v) is 6.64. The summed E-state index contributed by atoms with van der Waals surface area (Å²) in [7, 11) is 0. The summed E-state index contributed by atoms with van der Waals surface area (Å²) in [5.41, 5.74) is 1.31. The Hall–Kier alpha value is -1.33. The van der Waals surface area contributed by atoms with E-state index in [1.165, 1.54) is 0 Å². The molecule has 2 N–H and O–H groups in total. The molecule has 0 saturated heterocycles. The Kier molecular flexibility index (Phi) is 3.93. The maximum absolute atomic E-state index is 12.3. The molecule has 0 fully saturated rings. The topological polar surface area (TPSA) is 49.8 Å². The monoisotopic (exact) mass is 311 g/mol. The van der Waals surface area contributed by atoms with Crippen molar-refractivity contribution >= 4 is 40.8 Å². The van der Waals surface area contributed by atoms with E-state index in [-0.39, 0.29) is 11.4 Å². The predicted octanol–water partition coefficient (Wildman–Crippen LogP) is 3.83. The summed E-state index contributed by atoms with van der Waals surface area (Å²) in [5.74, 6) is -0.0746. The highest BCUT2D eigenvalue weighted by Gasteiger charge is 2.22. The lowest BCUT2D eigenvalue weighted by Crippen LogP contribution is -2.43. The Morgan fingerprint density at radius 1 is 1.45 bits per heavy atom. The summed E-state index contributed by atoms with van der Waals surface area (Å²) >= 11 is 11.5. The lowest BCUT2D eigenvalue weighted by Gasteiger charge is -2.24. The standard InChI is InChI=1S/C14H18ClN3OS/c1-8(12(19)17-14(2,3)4)18-10-7-5-6-9(15)11(10)16-13(18)20/h5-8H,1-4H3,(H,16,20)(H,17,19). The van der Waals surface area contributed by atoms with Crippen LogP contribution < -0.4 is 5.32 Å². The minimum Gasteiger partial charge on any atom is -0.350 e. The first-order chi connectivity index (χ1) is 9.20. The van der Waals surface area contributed by atoms with Crippen LogP contribution in [-0.2, 0) is 4.79 Å². The van der Waals surface area contributed by atoms with Gasteiger partial charge in [0.15, 0.2) is 4.77 Å². The number of para-hydroxylation sites is 1. The average molecular weight is 312 g/mol. The number of rotatable bonds is 2. The molecule has 0 radical (unpaired) electrons. The number of nitrogens with one attached hydrogen (secondary N) is 2. The van der Waals surface area contributed by atoms with Crippen LogP contribution in [0.1, 0.15) is 33.7 Å². The van der Waals surface area contributed by atoms with Crippen molar-refractivity contribution in [3.05, 3.63) is 28.0 Å². The van der Waals surface area contributed by atoms with E-state index in [0.717, 1.165) is 11.0 Å². The van der Waals surface area contributed by atoms with Crippen LogP contribution in [-0.4, -0.2) is 21.0 Å². The number of aromatic amines is 1. The van der Waals surface area contributed by atoms with Crippen molar-refractivity contribution in [3.63, 3.8) is 0 Å². The first-order valence-electron chi connectivity index (χ1n) is 6.41. The zero-order valence-electron chi connectivity index (χ0n) is 12.0. The van der Waals surface area contributed by atoms with Crippen LogP contribution in [0.2, 0.25) is 5.02 Å². The van der Waals surface area contributed by atoms with E-state index < -0.39 is 6.04 Å². The smallest absolute Gasteiger partial charge is 0.243 e. The first kappa shape index (κ1) is 15.1. The van der Waals surface area contributed by atoms with Crippen LogP contribution in [0.15, 0.2) is 18.2 Å². The zero-order chi connectivity index (χ0) is 15.1. The van der Waals surface area contributed by atoms with Gasteiger partial charge in [0.25, 0.3) is 0 Å². The fraction of sp³-hybridized carbons (Fsp3) is 0.429. The second-order valence-electron chi connectivity index (χ2n) is 5.85. The molecule has 0 bridgehead atoms. The SMILES string of the molecule is CC(C(=O)NC(C)(C)C)n1c(=S)[nH]c2c(Cl)cccc21. The van der Waals surface area contributed by atoms with Gasteiger partial charge in [-0.2, -0.15) is 0 Å². The molecule has 1 unspecified atom stereocenters. The molecule has 4 nitrogen and oxygen atoms in total. The number of amides is 1. The van der Waals surface area contributed by atoms with Crippen molar-refractivity contribution in [2.75, 3.05) is 0 Å². The van der Waals surface area contributed by atoms with Gasteiger partial charge in [0.05, 0.1) is 16.1 Å². The molecule has 1 aromatic heterocycles. The van der Waals surface area contributed by atoms with Crippen LogP contribution in [0.4, 0.5) is 0 Å². The Balaban J connectivity index is 2.48. The molecule has 1 aromatic carbocycles. The van der Waals surface area contributed by atoms with Crippen molar-refractivity contribution in [1.29, 1.82) is 0 Å². The highest BCUT2D eigenvalue weighted by Crippen LogP contribution is 2.25. The van der Waals surface area contributed by atoms with Gasteiger partial charge in [-0.05, 0) is 52.0 Å². The van der Waals surface area contributed by atoms with Gasteiger partial charge in [0.1, 0.15) is 6.04 Å². The van der Waals surface area contributed by atoms with Gasteiger partial charge in [-0.1, -0.05) is 17.7 Å². The van der Waals surface area contributed by atoms with Gasteiger partial charge in [-0.15, -0.1) is 0 Å². The molecule has 2 rings (SSSR count). The largest absolute Gasteiger partial charge is 0.350 e. The molecule has 0 aliphatic rings. The van der Waals surface area contributed by atoms with E-state index in [9.17, 15) is 4.79 Å². The molecule has 6 heteroatoms. The Labute approximate surface area is 128 Å². The predicted molar refractivity (Wildman–Crippen MR) is 84.7 cm³/mol. The van der Waals surface area contributed by atoms with Crippen LogP contribution in [0.5, 0.6) is 0 Å². The number of imidazole rings is 1. The summed E-state index contributed by atoms with van der Waals surface area (Å²) in [4.78, 5) is 15.4. The molecule has 20 heavy (non-hydrogen) atoms. The van der Waals surface area contributed by atoms with Gasteiger partial charge in [0, 0.05) is 5.54 Å². The van der Waals surface area contributed by atoms with E-state index in [4.69, 9.17) is 23.8 Å². The summed E-state index contributed by atoms with van der Waals surface area (Å²) in [5, 5.41) is 3.55. The third-order valence-electron chi connectivity index (χ3n) is 2.97. The molecule has 108 valence electrons. The zero-order valence-corrected chi connectivity index (χ0v) is 13.5. The van der Waals surface area contributed by atoms with Gasteiger partial charge >= 0.3 is 0 Å². The minimum atomic E-state index is -0.408. The quantitative estimate of drug-likeness (QED) is 0.828. The Bertz CT molecular complexity index is 711. The van der Waals surface area contributed by atoms with E-state index >= 15 is 0 Å². The van der Waals surface area contributed by atoms with Crippen LogP contribution in [0, 0.1) is 4.77 Å². The molecule has 0 saturated carbocycles. The fourth-order valence-electron chi connectivity index (χ4n) is 2.09. The van der Waals surface area contributed by atoms with E-state index in [1.807, 2.05) is 39.8 Å². The van der Waals surface area contributed by atoms with Gasteiger partial charge in [-0.25, -0.2) is 0 Å². The molecule has 2 aromatic rings. The third kappa shape index (κ3) is 2.88. The normalized spacial score (nSPS) is 13.4. The van der Waals surface area contributed by atoms with E-state index in [0.29, 0.717) is 9.79 Å². The lowest BCUT2D eigenvalue weighted by atomic mass is 10.1. The summed E-state index contributed by atoms with van der Waals surface area (Å²) < 4.78 is 2.28. The van der Waals surface area contributed by atoms with Crippen LogP contribution in [0.3, 0.4) is 0 Å². The van der Waals surface area contributed by atoms with Crippen LogP contribution in [0.25, 0.3) is 11.0 Å². The highest BCUT2D eigenvalue weighted by molar-refractivity contribution is 7.71. The number of aromatic nitrogens is 2. The average Bonchev–Trinajstić information content (AvgIpc) is 2.64. The molecular formula is C14H18ClN3OS. The van der Waals surface area contributed by atoms with E-state index in [1.54, 1.807) is 10.6 Å². The number of fused-ring (bicyclic) bond motifs is 1. The summed E-state index contributed by atoms with van der Waals surface area (Å²) in [6, 6.07) is 5.13. The van der Waals surface area contributed by atoms with Crippen molar-refractivity contribution in [1.82, 2.24) is 14.9 Å². The number of hydrogen-bond donors (Lipinski definition) is 2. The number of H-pyrrole nitrogens is 1. The highest BCUT2D eigenvalue weighted by atomic mass is 35.5. The molecule has 0 aliphatic heterocycles. The van der Waals surface area contributed by atoms with Crippen molar-refractivity contribution in [2.24, 2.45) is 0 Å². The summed E-state index contributed by atoms with van der Waals surface area (Å²) in [6.07, 6.45) is 0. The molecule has 1 heterocycles. The summed E-state index contributed by atoms with van der Waals surface area (Å²) in [6.45, 7) is 7.67. The number of hydrogen-bond acceptors (Lipinski definition) is 2. The molecule has 1 atom stereocenters. The van der Waals surface area contributed by atoms with Gasteiger partial charge < -0.3 is 14.9 Å². The molecule has 0 aliphatic carbocycles. The fourth-order valence-corrected chi connectivity index (χ4v) is 2.66. The third-order valence-corrected chi connectivity index (χ3v) is 3.58. The maximum Gasteiger partial charge on any atom is 0.243 e. The van der Waals surface area contributed by atoms with Crippen molar-refractivity contribution < 1.29 is 4.79 Å². The second kappa shape index (κ2) is 5.22. The van der Waals surface area contributed by atoms with Gasteiger partial charge in [0.2, 0.25) is 5.91 Å².